The lowest BCUT2D eigenvalue weighted by Crippen LogP contribution is -2.37. The highest BCUT2D eigenvalue weighted by atomic mass is 35.5. The van der Waals surface area contributed by atoms with Crippen LogP contribution in [0.25, 0.3) is 0 Å². The van der Waals surface area contributed by atoms with E-state index < -0.39 is 0 Å². The van der Waals surface area contributed by atoms with E-state index in [-0.39, 0.29) is 17.8 Å². The van der Waals surface area contributed by atoms with E-state index in [0.29, 0.717) is 22.0 Å². The predicted molar refractivity (Wildman–Crippen MR) is 103 cm³/mol. The summed E-state index contributed by atoms with van der Waals surface area (Å²) in [4.78, 5) is 16.6. The predicted octanol–water partition coefficient (Wildman–Crippen LogP) is 3.88. The number of hydrogen-bond donors (Lipinski definition) is 2. The third-order valence-corrected chi connectivity index (χ3v) is 5.75. The van der Waals surface area contributed by atoms with Crippen LogP contribution in [0.3, 0.4) is 0 Å². The number of benzene rings is 1. The van der Waals surface area contributed by atoms with E-state index in [4.69, 9.17) is 16.3 Å². The van der Waals surface area contributed by atoms with Crippen molar-refractivity contribution in [1.29, 1.82) is 0 Å². The fourth-order valence-electron chi connectivity index (χ4n) is 2.85. The molecule has 0 radical (unpaired) electrons. The van der Waals surface area contributed by atoms with E-state index >= 15 is 0 Å². The maximum atomic E-state index is 12.2. The number of carbonyl (C=O) groups excluding carboxylic acids is 1. The van der Waals surface area contributed by atoms with Gasteiger partial charge < -0.3 is 10.1 Å². The zero-order valence-electron chi connectivity index (χ0n) is 14.9. The monoisotopic (exact) mass is 394 g/mol. The quantitative estimate of drug-likeness (QED) is 0.696. The first-order chi connectivity index (χ1) is 12.5. The number of ether oxygens (including phenoxy) is 1. The molecule has 1 heterocycles. The second-order valence-electron chi connectivity index (χ2n) is 6.51. The summed E-state index contributed by atoms with van der Waals surface area (Å²) in [7, 11) is 0. The number of hydrogen-bond acceptors (Lipinski definition) is 5. The zero-order chi connectivity index (χ0) is 18.5. The van der Waals surface area contributed by atoms with Crippen LogP contribution in [0.15, 0.2) is 23.4 Å². The van der Waals surface area contributed by atoms with Crippen molar-refractivity contribution in [2.24, 2.45) is 0 Å². The summed E-state index contributed by atoms with van der Waals surface area (Å²) in [6.07, 6.45) is 4.55. The van der Waals surface area contributed by atoms with Crippen molar-refractivity contribution in [3.63, 3.8) is 0 Å². The van der Waals surface area contributed by atoms with E-state index in [0.717, 1.165) is 24.2 Å². The lowest BCUT2D eigenvalue weighted by Gasteiger charge is -2.15. The fourth-order valence-corrected chi connectivity index (χ4v) is 3.72. The van der Waals surface area contributed by atoms with Crippen LogP contribution in [-0.4, -0.2) is 32.4 Å². The van der Waals surface area contributed by atoms with Gasteiger partial charge in [0.05, 0.1) is 5.25 Å². The van der Waals surface area contributed by atoms with Crippen molar-refractivity contribution < 1.29 is 9.53 Å². The van der Waals surface area contributed by atoms with E-state index in [2.05, 4.69) is 20.5 Å². The Balaban J connectivity index is 1.49. The van der Waals surface area contributed by atoms with E-state index in [1.165, 1.54) is 24.6 Å². The maximum absolute atomic E-state index is 12.2. The number of aromatic nitrogens is 3. The molecule has 0 aliphatic heterocycles. The molecule has 1 aliphatic rings. The molecule has 0 unspecified atom stereocenters. The number of aromatic amines is 1. The summed E-state index contributed by atoms with van der Waals surface area (Å²) >= 11 is 7.35. The average molecular weight is 395 g/mol. The molecule has 1 aliphatic carbocycles. The molecule has 1 amide bonds. The molecule has 1 fully saturated rings. The Kier molecular flexibility index (Phi) is 6.43. The molecule has 2 aromatic rings. The Morgan fingerprint density at radius 1 is 1.46 bits per heavy atom. The fraction of sp³-hybridized carbons (Fsp3) is 0.500. The van der Waals surface area contributed by atoms with Crippen LogP contribution < -0.4 is 10.1 Å². The van der Waals surface area contributed by atoms with Gasteiger partial charge in [0.25, 0.3) is 0 Å². The highest BCUT2D eigenvalue weighted by molar-refractivity contribution is 8.00. The first-order valence-electron chi connectivity index (χ1n) is 8.78. The van der Waals surface area contributed by atoms with Crippen molar-refractivity contribution in [3.05, 3.63) is 34.6 Å². The number of nitrogens with zero attached hydrogens (tertiary/aromatic N) is 2. The van der Waals surface area contributed by atoms with Crippen molar-refractivity contribution in [3.8, 4) is 5.75 Å². The van der Waals surface area contributed by atoms with Crippen LogP contribution in [0.5, 0.6) is 5.75 Å². The minimum Gasteiger partial charge on any atom is -0.486 e. The molecule has 26 heavy (non-hydrogen) atoms. The minimum absolute atomic E-state index is 0.0427. The van der Waals surface area contributed by atoms with Crippen molar-refractivity contribution in [2.45, 2.75) is 62.6 Å². The topological polar surface area (TPSA) is 79.9 Å². The molecule has 1 aromatic carbocycles. The Labute approximate surface area is 162 Å². The van der Waals surface area contributed by atoms with E-state index in [1.54, 1.807) is 6.07 Å². The molecule has 1 aromatic heterocycles. The van der Waals surface area contributed by atoms with Gasteiger partial charge in [0.2, 0.25) is 11.1 Å². The molecule has 2 N–H and O–H groups in total. The summed E-state index contributed by atoms with van der Waals surface area (Å²) in [6, 6.07) is 5.82. The first kappa shape index (κ1) is 19.0. The normalized spacial score (nSPS) is 15.8. The Morgan fingerprint density at radius 3 is 2.96 bits per heavy atom. The third-order valence-electron chi connectivity index (χ3n) is 4.37. The second-order valence-corrected chi connectivity index (χ2v) is 8.23. The van der Waals surface area contributed by atoms with Crippen LogP contribution in [0.2, 0.25) is 5.02 Å². The van der Waals surface area contributed by atoms with Crippen LogP contribution in [0, 0.1) is 6.92 Å². The van der Waals surface area contributed by atoms with Gasteiger partial charge in [-0.25, -0.2) is 4.98 Å². The number of thioether (sulfide) groups is 1. The Bertz CT molecular complexity index is 761. The summed E-state index contributed by atoms with van der Waals surface area (Å²) in [5.74, 6) is 1.38. The smallest absolute Gasteiger partial charge is 0.233 e. The van der Waals surface area contributed by atoms with Gasteiger partial charge in [-0.2, -0.15) is 0 Å². The van der Waals surface area contributed by atoms with Crippen LogP contribution in [-0.2, 0) is 11.4 Å². The molecule has 6 nitrogen and oxygen atoms in total. The van der Waals surface area contributed by atoms with Crippen LogP contribution in [0.1, 0.15) is 44.0 Å². The summed E-state index contributed by atoms with van der Waals surface area (Å²) < 4.78 is 5.70. The summed E-state index contributed by atoms with van der Waals surface area (Å²) in [5, 5.41) is 11.1. The molecule has 0 saturated heterocycles. The van der Waals surface area contributed by atoms with Crippen molar-refractivity contribution in [2.75, 3.05) is 0 Å². The zero-order valence-corrected chi connectivity index (χ0v) is 16.5. The van der Waals surface area contributed by atoms with Crippen LogP contribution >= 0.6 is 23.4 Å². The highest BCUT2D eigenvalue weighted by Crippen LogP contribution is 2.23. The van der Waals surface area contributed by atoms with Crippen molar-refractivity contribution in [1.82, 2.24) is 20.5 Å². The second kappa shape index (κ2) is 8.77. The van der Waals surface area contributed by atoms with Gasteiger partial charge in [-0.3, -0.25) is 9.89 Å². The largest absolute Gasteiger partial charge is 0.486 e. The lowest BCUT2D eigenvalue weighted by molar-refractivity contribution is -0.120. The number of aryl methyl sites for hydroxylation is 1. The van der Waals surface area contributed by atoms with Gasteiger partial charge in [0.1, 0.15) is 12.4 Å². The van der Waals surface area contributed by atoms with E-state index in [1.807, 2.05) is 26.0 Å². The first-order valence-corrected chi connectivity index (χ1v) is 10.0. The lowest BCUT2D eigenvalue weighted by atomic mass is 10.2. The number of amides is 1. The molecular weight excluding hydrogens is 372 g/mol. The number of carbonyl (C=O) groups is 1. The SMILES string of the molecule is Cc1cc(OCc2nc(S[C@H](C)C(=O)NC3CCCC3)n[nH]2)ccc1Cl. The van der Waals surface area contributed by atoms with E-state index in [9.17, 15) is 4.79 Å². The third kappa shape index (κ3) is 5.14. The van der Waals surface area contributed by atoms with Crippen LogP contribution in [0.4, 0.5) is 0 Å². The average Bonchev–Trinajstić information content (AvgIpc) is 3.28. The molecule has 1 atom stereocenters. The molecular formula is C18H23ClN4O2S. The Hall–Kier alpha value is -1.73. The molecule has 3 rings (SSSR count). The molecule has 140 valence electrons. The summed E-state index contributed by atoms with van der Waals surface area (Å²) in [6.45, 7) is 4.08. The number of rotatable bonds is 7. The number of H-pyrrole nitrogens is 1. The molecule has 1 saturated carbocycles. The number of nitrogens with one attached hydrogen (secondary N) is 2. The minimum atomic E-state index is -0.237. The molecule has 0 spiro atoms. The van der Waals surface area contributed by atoms with Crippen molar-refractivity contribution >= 4 is 29.3 Å². The maximum Gasteiger partial charge on any atom is 0.233 e. The van der Waals surface area contributed by atoms with Gasteiger partial charge >= 0.3 is 0 Å². The standard InChI is InChI=1S/C18H23ClN4O2S/c1-11-9-14(7-8-15(11)19)25-10-16-21-18(23-22-16)26-12(2)17(24)20-13-5-3-4-6-13/h7-9,12-13H,3-6,10H2,1-2H3,(H,20,24)(H,21,22,23)/t12-/m1/s1. The van der Waals surface area contributed by atoms with Gasteiger partial charge in [-0.15, -0.1) is 5.10 Å². The summed E-state index contributed by atoms with van der Waals surface area (Å²) in [5.41, 5.74) is 0.958. The molecule has 0 bridgehead atoms. The number of halogens is 1. The van der Waals surface area contributed by atoms with Gasteiger partial charge in [0.15, 0.2) is 5.82 Å². The Morgan fingerprint density at radius 2 is 2.23 bits per heavy atom. The highest BCUT2D eigenvalue weighted by Gasteiger charge is 2.22. The van der Waals surface area contributed by atoms with Gasteiger partial charge in [-0.1, -0.05) is 36.2 Å². The van der Waals surface area contributed by atoms with Gasteiger partial charge in [0, 0.05) is 11.1 Å². The van der Waals surface area contributed by atoms with Gasteiger partial charge in [-0.05, 0) is 50.5 Å². The molecule has 8 heteroatoms.